The molecule has 0 aliphatic heterocycles. The van der Waals surface area contributed by atoms with Gasteiger partial charge < -0.3 is 10.1 Å². The Hall–Kier alpha value is -1.02. The molecule has 0 saturated heterocycles. The van der Waals surface area contributed by atoms with Gasteiger partial charge in [-0.3, -0.25) is 0 Å². The van der Waals surface area contributed by atoms with Gasteiger partial charge in [0, 0.05) is 12.6 Å². The molecule has 0 heterocycles. The summed E-state index contributed by atoms with van der Waals surface area (Å²) in [6.07, 6.45) is 1.14. The van der Waals surface area contributed by atoms with Crippen molar-refractivity contribution in [2.45, 2.75) is 52.5 Å². The molecule has 0 radical (unpaired) electrons. The van der Waals surface area contributed by atoms with Crippen molar-refractivity contribution in [3.63, 3.8) is 0 Å². The maximum atomic E-state index is 5.70. The third-order valence-electron chi connectivity index (χ3n) is 3.44. The Balaban J connectivity index is 2.46. The van der Waals surface area contributed by atoms with E-state index in [9.17, 15) is 0 Å². The van der Waals surface area contributed by atoms with E-state index in [-0.39, 0.29) is 5.41 Å². The SMILES string of the molecule is CCC(C)(C)c1ccc(OCCNC(C)C)cc1. The highest BCUT2D eigenvalue weighted by molar-refractivity contribution is 5.31. The van der Waals surface area contributed by atoms with E-state index in [4.69, 9.17) is 4.74 Å². The van der Waals surface area contributed by atoms with Crippen LogP contribution < -0.4 is 10.1 Å². The molecular formula is C16H27NO. The van der Waals surface area contributed by atoms with Gasteiger partial charge in [-0.2, -0.15) is 0 Å². The summed E-state index contributed by atoms with van der Waals surface area (Å²) in [7, 11) is 0. The second-order valence-electron chi connectivity index (χ2n) is 5.72. The van der Waals surface area contributed by atoms with Crippen LogP contribution in [0.4, 0.5) is 0 Å². The average molecular weight is 249 g/mol. The molecule has 18 heavy (non-hydrogen) atoms. The molecule has 1 aromatic carbocycles. The van der Waals surface area contributed by atoms with Crippen LogP contribution in [0.2, 0.25) is 0 Å². The highest BCUT2D eigenvalue weighted by Gasteiger charge is 2.17. The van der Waals surface area contributed by atoms with Gasteiger partial charge in [0.1, 0.15) is 12.4 Å². The number of benzene rings is 1. The summed E-state index contributed by atoms with van der Waals surface area (Å²) in [5.74, 6) is 0.955. The molecule has 0 atom stereocenters. The molecule has 102 valence electrons. The first-order chi connectivity index (χ1) is 8.45. The minimum absolute atomic E-state index is 0.248. The Labute approximate surface area is 112 Å². The zero-order valence-electron chi connectivity index (χ0n) is 12.4. The molecule has 1 N–H and O–H groups in total. The monoisotopic (exact) mass is 249 g/mol. The van der Waals surface area contributed by atoms with E-state index in [1.54, 1.807) is 0 Å². The van der Waals surface area contributed by atoms with E-state index in [1.165, 1.54) is 5.56 Å². The Morgan fingerprint density at radius 2 is 1.78 bits per heavy atom. The molecule has 0 saturated carbocycles. The normalized spacial score (nSPS) is 11.9. The van der Waals surface area contributed by atoms with E-state index in [0.29, 0.717) is 12.6 Å². The lowest BCUT2D eigenvalue weighted by Gasteiger charge is -2.23. The van der Waals surface area contributed by atoms with Crippen LogP contribution in [0, 0.1) is 0 Å². The van der Waals surface area contributed by atoms with Crippen LogP contribution in [-0.4, -0.2) is 19.2 Å². The van der Waals surface area contributed by atoms with Crippen LogP contribution in [0.5, 0.6) is 5.75 Å². The van der Waals surface area contributed by atoms with E-state index in [0.717, 1.165) is 18.7 Å². The highest BCUT2D eigenvalue weighted by atomic mass is 16.5. The van der Waals surface area contributed by atoms with Crippen LogP contribution >= 0.6 is 0 Å². The third kappa shape index (κ3) is 4.69. The lowest BCUT2D eigenvalue weighted by atomic mass is 9.82. The van der Waals surface area contributed by atoms with Crippen molar-refractivity contribution >= 4 is 0 Å². The topological polar surface area (TPSA) is 21.3 Å². The van der Waals surface area contributed by atoms with E-state index >= 15 is 0 Å². The molecule has 1 aromatic rings. The van der Waals surface area contributed by atoms with E-state index in [2.05, 4.69) is 64.2 Å². The van der Waals surface area contributed by atoms with Crippen molar-refractivity contribution in [2.75, 3.05) is 13.2 Å². The van der Waals surface area contributed by atoms with Crippen molar-refractivity contribution in [1.82, 2.24) is 5.32 Å². The first-order valence-corrected chi connectivity index (χ1v) is 6.92. The van der Waals surface area contributed by atoms with Crippen molar-refractivity contribution in [3.05, 3.63) is 29.8 Å². The molecule has 0 amide bonds. The smallest absolute Gasteiger partial charge is 0.119 e. The predicted octanol–water partition coefficient (Wildman–Crippen LogP) is 3.75. The number of ether oxygens (including phenoxy) is 1. The number of nitrogens with one attached hydrogen (secondary N) is 1. The van der Waals surface area contributed by atoms with Gasteiger partial charge in [-0.05, 0) is 29.5 Å². The molecule has 0 aliphatic carbocycles. The molecule has 2 heteroatoms. The molecule has 0 bridgehead atoms. The summed E-state index contributed by atoms with van der Waals surface area (Å²) in [5.41, 5.74) is 1.62. The quantitative estimate of drug-likeness (QED) is 0.743. The van der Waals surface area contributed by atoms with Gasteiger partial charge in [-0.15, -0.1) is 0 Å². The minimum atomic E-state index is 0.248. The number of hydrogen-bond donors (Lipinski definition) is 1. The standard InChI is InChI=1S/C16H27NO/c1-6-16(4,5)14-7-9-15(10-8-14)18-12-11-17-13(2)3/h7-10,13,17H,6,11-12H2,1-5H3. The van der Waals surface area contributed by atoms with Crippen LogP contribution in [0.15, 0.2) is 24.3 Å². The molecule has 0 aliphatic rings. The van der Waals surface area contributed by atoms with Crippen LogP contribution in [0.3, 0.4) is 0 Å². The summed E-state index contributed by atoms with van der Waals surface area (Å²) in [5, 5.41) is 3.34. The summed E-state index contributed by atoms with van der Waals surface area (Å²) in [4.78, 5) is 0. The summed E-state index contributed by atoms with van der Waals surface area (Å²) < 4.78 is 5.70. The maximum absolute atomic E-state index is 5.70. The number of hydrogen-bond acceptors (Lipinski definition) is 2. The third-order valence-corrected chi connectivity index (χ3v) is 3.44. The minimum Gasteiger partial charge on any atom is -0.492 e. The second kappa shape index (κ2) is 6.79. The van der Waals surface area contributed by atoms with Gasteiger partial charge in [-0.25, -0.2) is 0 Å². The van der Waals surface area contributed by atoms with Crippen molar-refractivity contribution in [3.8, 4) is 5.75 Å². The fourth-order valence-electron chi connectivity index (χ4n) is 1.72. The Kier molecular flexibility index (Phi) is 5.67. The lowest BCUT2D eigenvalue weighted by Crippen LogP contribution is -2.27. The molecule has 2 nitrogen and oxygen atoms in total. The predicted molar refractivity (Wildman–Crippen MR) is 78.4 cm³/mol. The van der Waals surface area contributed by atoms with Gasteiger partial charge in [0.2, 0.25) is 0 Å². The summed E-state index contributed by atoms with van der Waals surface area (Å²) >= 11 is 0. The van der Waals surface area contributed by atoms with Crippen molar-refractivity contribution in [1.29, 1.82) is 0 Å². The van der Waals surface area contributed by atoms with Gasteiger partial charge in [-0.1, -0.05) is 46.8 Å². The molecule has 0 fully saturated rings. The first kappa shape index (κ1) is 15.0. The zero-order valence-corrected chi connectivity index (χ0v) is 12.4. The highest BCUT2D eigenvalue weighted by Crippen LogP contribution is 2.27. The fraction of sp³-hybridized carbons (Fsp3) is 0.625. The molecule has 0 unspecified atom stereocenters. The zero-order chi connectivity index (χ0) is 13.6. The average Bonchev–Trinajstić information content (AvgIpc) is 2.35. The Bertz CT molecular complexity index is 341. The summed E-state index contributed by atoms with van der Waals surface area (Å²) in [6, 6.07) is 9.01. The summed E-state index contributed by atoms with van der Waals surface area (Å²) in [6.45, 7) is 12.7. The van der Waals surface area contributed by atoms with Crippen LogP contribution in [-0.2, 0) is 5.41 Å². The first-order valence-electron chi connectivity index (χ1n) is 6.92. The van der Waals surface area contributed by atoms with Gasteiger partial charge in [0.05, 0.1) is 0 Å². The van der Waals surface area contributed by atoms with Gasteiger partial charge in [0.15, 0.2) is 0 Å². The maximum Gasteiger partial charge on any atom is 0.119 e. The largest absolute Gasteiger partial charge is 0.492 e. The lowest BCUT2D eigenvalue weighted by molar-refractivity contribution is 0.308. The van der Waals surface area contributed by atoms with Crippen molar-refractivity contribution in [2.24, 2.45) is 0 Å². The number of rotatable bonds is 7. The molecule has 1 rings (SSSR count). The van der Waals surface area contributed by atoms with Crippen LogP contribution in [0.25, 0.3) is 0 Å². The van der Waals surface area contributed by atoms with E-state index < -0.39 is 0 Å². The molecule has 0 spiro atoms. The fourth-order valence-corrected chi connectivity index (χ4v) is 1.72. The molecule has 0 aromatic heterocycles. The van der Waals surface area contributed by atoms with Crippen LogP contribution in [0.1, 0.15) is 46.6 Å². The van der Waals surface area contributed by atoms with Gasteiger partial charge >= 0.3 is 0 Å². The molecular weight excluding hydrogens is 222 g/mol. The Morgan fingerprint density at radius 3 is 2.28 bits per heavy atom. The Morgan fingerprint density at radius 1 is 1.17 bits per heavy atom. The van der Waals surface area contributed by atoms with E-state index in [1.807, 2.05) is 0 Å². The van der Waals surface area contributed by atoms with Crippen molar-refractivity contribution < 1.29 is 4.74 Å². The van der Waals surface area contributed by atoms with Gasteiger partial charge in [0.25, 0.3) is 0 Å². The second-order valence-corrected chi connectivity index (χ2v) is 5.72.